The highest BCUT2D eigenvalue weighted by molar-refractivity contribution is 8.01. The van der Waals surface area contributed by atoms with E-state index in [4.69, 9.17) is 0 Å². The number of methoxy groups -OCH3 is 1. The first-order chi connectivity index (χ1) is 13.2. The molecule has 28 heavy (non-hydrogen) atoms. The van der Waals surface area contributed by atoms with Crippen molar-refractivity contribution in [1.29, 1.82) is 0 Å². The molecule has 1 amide bonds. The number of para-hydroxylation sites is 1. The van der Waals surface area contributed by atoms with Gasteiger partial charge in [0.25, 0.3) is 0 Å². The van der Waals surface area contributed by atoms with E-state index in [0.29, 0.717) is 16.4 Å². The Morgan fingerprint density at radius 2 is 2.00 bits per heavy atom. The van der Waals surface area contributed by atoms with Crippen LogP contribution in [0.3, 0.4) is 0 Å². The maximum atomic E-state index is 12.4. The first kappa shape index (κ1) is 22.1. The van der Waals surface area contributed by atoms with E-state index >= 15 is 0 Å². The number of esters is 1. The van der Waals surface area contributed by atoms with Gasteiger partial charge in [-0.1, -0.05) is 48.2 Å². The molecule has 0 saturated carbocycles. The van der Waals surface area contributed by atoms with Crippen molar-refractivity contribution in [3.8, 4) is 0 Å². The van der Waals surface area contributed by atoms with Crippen molar-refractivity contribution in [2.24, 2.45) is 0 Å². The van der Waals surface area contributed by atoms with Crippen molar-refractivity contribution in [2.45, 2.75) is 17.7 Å². The number of carbonyl (C=O) groups excluding carboxylic acids is 2. The highest BCUT2D eigenvalue weighted by Crippen LogP contribution is 2.26. The fraction of sp³-hybridized carbons (Fsp3) is 0.375. The first-order valence-corrected chi connectivity index (χ1v) is 11.8. The molecule has 0 saturated heterocycles. The third-order valence-corrected chi connectivity index (χ3v) is 6.59. The largest absolute Gasteiger partial charge is 0.468 e. The van der Waals surface area contributed by atoms with Crippen LogP contribution in [0.25, 0.3) is 0 Å². The molecular formula is C16H20N4O5S3. The van der Waals surface area contributed by atoms with E-state index in [-0.39, 0.29) is 17.4 Å². The molecule has 0 fully saturated rings. The van der Waals surface area contributed by atoms with E-state index in [2.05, 4.69) is 20.3 Å². The second-order valence-corrected chi connectivity index (χ2v) is 9.64. The van der Waals surface area contributed by atoms with Gasteiger partial charge < -0.3 is 4.74 Å². The molecule has 12 heteroatoms. The third kappa shape index (κ3) is 6.17. The zero-order valence-electron chi connectivity index (χ0n) is 15.5. The summed E-state index contributed by atoms with van der Waals surface area (Å²) in [5.74, 6) is -0.865. The number of anilines is 2. The summed E-state index contributed by atoms with van der Waals surface area (Å²) in [5.41, 5.74) is 1.28. The lowest BCUT2D eigenvalue weighted by Gasteiger charge is -2.23. The smallest absolute Gasteiger partial charge is 0.316 e. The van der Waals surface area contributed by atoms with Gasteiger partial charge in [0.05, 0.1) is 24.8 Å². The standard InChI is InChI=1S/C16H20N4O5S3/c1-4-11-7-5-6-8-12(11)20(28(3,23)24)9-13(21)17-15-18-19-16(27-15)26-10-14(22)25-2/h5-8H,4,9-10H2,1-3H3,(H,17,18,21). The van der Waals surface area contributed by atoms with Crippen LogP contribution in [0.1, 0.15) is 12.5 Å². The molecule has 0 aliphatic rings. The summed E-state index contributed by atoms with van der Waals surface area (Å²) >= 11 is 2.22. The minimum Gasteiger partial charge on any atom is -0.468 e. The number of hydrogen-bond acceptors (Lipinski definition) is 9. The summed E-state index contributed by atoms with van der Waals surface area (Å²) in [7, 11) is -2.38. The highest BCUT2D eigenvalue weighted by Gasteiger charge is 2.23. The number of thioether (sulfide) groups is 1. The van der Waals surface area contributed by atoms with Crippen molar-refractivity contribution in [2.75, 3.05) is 35.3 Å². The molecular weight excluding hydrogens is 424 g/mol. The minimum atomic E-state index is -3.67. The summed E-state index contributed by atoms with van der Waals surface area (Å²) in [6.45, 7) is 1.52. The number of amides is 1. The van der Waals surface area contributed by atoms with E-state index in [1.54, 1.807) is 12.1 Å². The number of nitrogens with one attached hydrogen (secondary N) is 1. The number of sulfonamides is 1. The Morgan fingerprint density at radius 1 is 1.29 bits per heavy atom. The van der Waals surface area contributed by atoms with Crippen LogP contribution >= 0.6 is 23.1 Å². The Balaban J connectivity index is 2.09. The van der Waals surface area contributed by atoms with Gasteiger partial charge >= 0.3 is 5.97 Å². The lowest BCUT2D eigenvalue weighted by atomic mass is 10.1. The van der Waals surface area contributed by atoms with Crippen molar-refractivity contribution >= 4 is 55.8 Å². The van der Waals surface area contributed by atoms with Crippen LogP contribution in [0.2, 0.25) is 0 Å². The van der Waals surface area contributed by atoms with Crippen LogP contribution in [0, 0.1) is 0 Å². The average Bonchev–Trinajstić information content (AvgIpc) is 3.10. The molecule has 1 aromatic heterocycles. The van der Waals surface area contributed by atoms with Gasteiger partial charge in [0, 0.05) is 0 Å². The highest BCUT2D eigenvalue weighted by atomic mass is 32.2. The zero-order valence-corrected chi connectivity index (χ0v) is 18.0. The predicted octanol–water partition coefficient (Wildman–Crippen LogP) is 1.77. The van der Waals surface area contributed by atoms with Crippen molar-refractivity contribution < 1.29 is 22.7 Å². The van der Waals surface area contributed by atoms with Gasteiger partial charge in [-0.15, -0.1) is 10.2 Å². The number of rotatable bonds is 9. The second kappa shape index (κ2) is 9.85. The number of benzene rings is 1. The molecule has 0 aliphatic heterocycles. The number of nitrogens with zero attached hydrogens (tertiary/aromatic N) is 3. The van der Waals surface area contributed by atoms with Gasteiger partial charge in [0.2, 0.25) is 21.1 Å². The van der Waals surface area contributed by atoms with Crippen LogP contribution in [-0.4, -0.2) is 56.2 Å². The summed E-state index contributed by atoms with van der Waals surface area (Å²) in [6.07, 6.45) is 1.68. The van der Waals surface area contributed by atoms with Crippen molar-refractivity contribution in [3.05, 3.63) is 29.8 Å². The van der Waals surface area contributed by atoms with Gasteiger partial charge in [-0.05, 0) is 18.1 Å². The lowest BCUT2D eigenvalue weighted by Crippen LogP contribution is -2.38. The average molecular weight is 445 g/mol. The fourth-order valence-electron chi connectivity index (χ4n) is 2.22. The Bertz CT molecular complexity index is 945. The normalized spacial score (nSPS) is 11.1. The molecule has 1 aromatic carbocycles. The Morgan fingerprint density at radius 3 is 2.64 bits per heavy atom. The zero-order chi connectivity index (χ0) is 20.7. The van der Waals surface area contributed by atoms with E-state index in [0.717, 1.165) is 39.2 Å². The molecule has 0 unspecified atom stereocenters. The summed E-state index contributed by atoms with van der Waals surface area (Å²) in [5, 5.41) is 10.5. The Hall–Kier alpha value is -2.18. The maximum absolute atomic E-state index is 12.4. The van der Waals surface area contributed by atoms with Gasteiger partial charge in [-0.3, -0.25) is 19.2 Å². The van der Waals surface area contributed by atoms with Crippen LogP contribution in [0.4, 0.5) is 10.8 Å². The van der Waals surface area contributed by atoms with Crippen molar-refractivity contribution in [1.82, 2.24) is 10.2 Å². The van der Waals surface area contributed by atoms with Crippen LogP contribution in [0.15, 0.2) is 28.6 Å². The fourth-order valence-corrected chi connectivity index (χ4v) is 4.71. The number of carbonyl (C=O) groups is 2. The van der Waals surface area contributed by atoms with E-state index < -0.39 is 21.9 Å². The third-order valence-electron chi connectivity index (χ3n) is 3.52. The van der Waals surface area contributed by atoms with Gasteiger partial charge in [0.15, 0.2) is 4.34 Å². The number of aromatic nitrogens is 2. The molecule has 1 heterocycles. The predicted molar refractivity (Wildman–Crippen MR) is 109 cm³/mol. The van der Waals surface area contributed by atoms with Gasteiger partial charge in [-0.2, -0.15) is 0 Å². The monoisotopic (exact) mass is 444 g/mol. The van der Waals surface area contributed by atoms with Crippen LogP contribution in [0.5, 0.6) is 0 Å². The maximum Gasteiger partial charge on any atom is 0.316 e. The molecule has 1 N–H and O–H groups in total. The second-order valence-electron chi connectivity index (χ2n) is 5.54. The molecule has 0 bridgehead atoms. The lowest BCUT2D eigenvalue weighted by molar-refractivity contribution is -0.137. The summed E-state index contributed by atoms with van der Waals surface area (Å²) in [4.78, 5) is 23.6. The van der Waals surface area contributed by atoms with Crippen LogP contribution in [-0.2, 0) is 30.8 Å². The first-order valence-electron chi connectivity index (χ1n) is 8.13. The topological polar surface area (TPSA) is 119 Å². The summed E-state index contributed by atoms with van der Waals surface area (Å²) < 4.78 is 30.6. The molecule has 0 aliphatic carbocycles. The quantitative estimate of drug-likeness (QED) is 0.353. The number of hydrogen-bond donors (Lipinski definition) is 1. The SMILES string of the molecule is CCc1ccccc1N(CC(=O)Nc1nnc(SCC(=O)OC)s1)S(C)(=O)=O. The van der Waals surface area contributed by atoms with Gasteiger partial charge in [0.1, 0.15) is 6.54 Å². The Kier molecular flexibility index (Phi) is 7.78. The van der Waals surface area contributed by atoms with Gasteiger partial charge in [-0.25, -0.2) is 8.42 Å². The molecule has 0 atom stereocenters. The molecule has 2 rings (SSSR count). The van der Waals surface area contributed by atoms with E-state index in [1.807, 2.05) is 19.1 Å². The minimum absolute atomic E-state index is 0.0781. The molecule has 9 nitrogen and oxygen atoms in total. The van der Waals surface area contributed by atoms with E-state index in [9.17, 15) is 18.0 Å². The molecule has 0 spiro atoms. The summed E-state index contributed by atoms with van der Waals surface area (Å²) in [6, 6.07) is 7.03. The number of aryl methyl sites for hydroxylation is 1. The van der Waals surface area contributed by atoms with E-state index in [1.165, 1.54) is 7.11 Å². The Labute approximate surface area is 171 Å². The molecule has 2 aromatic rings. The number of ether oxygens (including phenoxy) is 1. The molecule has 152 valence electrons. The molecule has 0 radical (unpaired) electrons. The van der Waals surface area contributed by atoms with Crippen molar-refractivity contribution in [3.63, 3.8) is 0 Å². The van der Waals surface area contributed by atoms with Crippen LogP contribution < -0.4 is 9.62 Å².